The summed E-state index contributed by atoms with van der Waals surface area (Å²) in [6.45, 7) is 18.6. The molecule has 2 aromatic carbocycles. The van der Waals surface area contributed by atoms with Crippen molar-refractivity contribution in [1.82, 2.24) is 4.98 Å². The van der Waals surface area contributed by atoms with Gasteiger partial charge in [-0.3, -0.25) is 4.98 Å². The Morgan fingerprint density at radius 1 is 1.02 bits per heavy atom. The highest BCUT2D eigenvalue weighted by molar-refractivity contribution is 5.88. The number of aryl methyl sites for hydroxylation is 3. The minimum absolute atomic E-state index is 0.249. The molecular weight excluding hydrogens is 512 g/mol. The first-order valence-corrected chi connectivity index (χ1v) is 14.7. The summed E-state index contributed by atoms with van der Waals surface area (Å²) in [5.41, 5.74) is 7.20. The normalized spacial score (nSPS) is 16.0. The van der Waals surface area contributed by atoms with Crippen molar-refractivity contribution in [2.24, 2.45) is 5.41 Å². The molecular formula is C35H46N2O4. The first-order chi connectivity index (χ1) is 19.2. The van der Waals surface area contributed by atoms with Crippen LogP contribution in [0.25, 0.3) is 11.1 Å². The van der Waals surface area contributed by atoms with Gasteiger partial charge in [0.25, 0.3) is 0 Å². The fourth-order valence-electron chi connectivity index (χ4n) is 5.63. The van der Waals surface area contributed by atoms with Gasteiger partial charge in [-0.2, -0.15) is 0 Å². The third-order valence-corrected chi connectivity index (χ3v) is 7.85. The van der Waals surface area contributed by atoms with E-state index in [0.29, 0.717) is 17.9 Å². The minimum Gasteiger partial charge on any atom is -0.493 e. The van der Waals surface area contributed by atoms with Crippen molar-refractivity contribution >= 4 is 11.7 Å². The number of nitrogens with zero attached hydrogens (tertiary/aromatic N) is 2. The van der Waals surface area contributed by atoms with E-state index in [1.165, 1.54) is 11.1 Å². The molecule has 6 heteroatoms. The molecule has 220 valence electrons. The van der Waals surface area contributed by atoms with Crippen LogP contribution >= 0.6 is 0 Å². The lowest BCUT2D eigenvalue weighted by atomic mass is 9.82. The Kier molecular flexibility index (Phi) is 9.13. The average molecular weight is 559 g/mol. The van der Waals surface area contributed by atoms with Crippen LogP contribution < -0.4 is 9.64 Å². The standard InChI is InChI=1S/C35H46N2O4/c1-23-10-9-11-26(22-23)16-21-40-28-14-12-27(13-15-28)29-24(2)36-25(3)30(32(33(38)39)41-34(4,5)6)31(29)37-19-17-35(7,8)18-20-37/h9-15,22,32H,16-21H2,1-8H3,(H,38,39)/t32-/m0/s1. The number of hydrogen-bond donors (Lipinski definition) is 1. The Bertz CT molecular complexity index is 1360. The molecule has 6 nitrogen and oxygen atoms in total. The van der Waals surface area contributed by atoms with Crippen LogP contribution in [0.1, 0.15) is 81.6 Å². The molecule has 0 unspecified atom stereocenters. The van der Waals surface area contributed by atoms with E-state index in [1.54, 1.807) is 0 Å². The molecule has 2 heterocycles. The molecule has 3 aromatic rings. The van der Waals surface area contributed by atoms with Gasteiger partial charge in [-0.05, 0) is 83.1 Å². The highest BCUT2D eigenvalue weighted by Gasteiger charge is 2.36. The van der Waals surface area contributed by atoms with E-state index in [1.807, 2.05) is 46.8 Å². The molecule has 1 N–H and O–H groups in total. The van der Waals surface area contributed by atoms with E-state index >= 15 is 0 Å². The van der Waals surface area contributed by atoms with Gasteiger partial charge in [-0.25, -0.2) is 4.79 Å². The number of carbonyl (C=O) groups is 1. The van der Waals surface area contributed by atoms with Crippen molar-refractivity contribution in [2.75, 3.05) is 24.6 Å². The Labute approximate surface area is 245 Å². The number of carboxylic acid groups (broad SMARTS) is 1. The second-order valence-corrected chi connectivity index (χ2v) is 13.1. The summed E-state index contributed by atoms with van der Waals surface area (Å²) in [6, 6.07) is 16.6. The summed E-state index contributed by atoms with van der Waals surface area (Å²) in [7, 11) is 0. The lowest BCUT2D eigenvalue weighted by Gasteiger charge is -2.41. The zero-order chi connectivity index (χ0) is 29.9. The number of anilines is 1. The molecule has 1 aromatic heterocycles. The van der Waals surface area contributed by atoms with Crippen LogP contribution in [0.5, 0.6) is 5.75 Å². The highest BCUT2D eigenvalue weighted by Crippen LogP contribution is 2.45. The van der Waals surface area contributed by atoms with Crippen LogP contribution in [0.3, 0.4) is 0 Å². The molecule has 1 aliphatic heterocycles. The van der Waals surface area contributed by atoms with Gasteiger partial charge in [-0.1, -0.05) is 55.8 Å². The van der Waals surface area contributed by atoms with E-state index in [-0.39, 0.29) is 5.41 Å². The quantitative estimate of drug-likeness (QED) is 0.288. The predicted molar refractivity (Wildman–Crippen MR) is 166 cm³/mol. The van der Waals surface area contributed by atoms with Crippen LogP contribution in [0.4, 0.5) is 5.69 Å². The summed E-state index contributed by atoms with van der Waals surface area (Å²) in [6.07, 6.45) is 1.76. The molecule has 41 heavy (non-hydrogen) atoms. The van der Waals surface area contributed by atoms with Gasteiger partial charge in [0.05, 0.1) is 17.9 Å². The first-order valence-electron chi connectivity index (χ1n) is 14.7. The molecule has 1 aliphatic rings. The number of benzene rings is 2. The molecule has 1 saturated heterocycles. The van der Waals surface area contributed by atoms with Crippen molar-refractivity contribution < 1.29 is 19.4 Å². The fraction of sp³-hybridized carbons (Fsp3) is 0.486. The minimum atomic E-state index is -1.13. The summed E-state index contributed by atoms with van der Waals surface area (Å²) < 4.78 is 12.3. The number of hydrogen-bond acceptors (Lipinski definition) is 5. The number of rotatable bonds is 9. The van der Waals surface area contributed by atoms with Gasteiger partial charge >= 0.3 is 5.97 Å². The molecule has 0 spiro atoms. The molecule has 0 radical (unpaired) electrons. The van der Waals surface area contributed by atoms with Gasteiger partial charge in [0.15, 0.2) is 6.10 Å². The van der Waals surface area contributed by atoms with Gasteiger partial charge < -0.3 is 19.5 Å². The third-order valence-electron chi connectivity index (χ3n) is 7.85. The maximum Gasteiger partial charge on any atom is 0.337 e. The Morgan fingerprint density at radius 2 is 1.68 bits per heavy atom. The molecule has 1 fully saturated rings. The number of ether oxygens (including phenoxy) is 2. The van der Waals surface area contributed by atoms with Crippen LogP contribution in [0.2, 0.25) is 0 Å². The van der Waals surface area contributed by atoms with Gasteiger partial charge in [0.2, 0.25) is 0 Å². The van der Waals surface area contributed by atoms with E-state index in [0.717, 1.165) is 60.6 Å². The van der Waals surface area contributed by atoms with Crippen molar-refractivity contribution in [3.8, 4) is 16.9 Å². The van der Waals surface area contributed by atoms with Crippen molar-refractivity contribution in [3.63, 3.8) is 0 Å². The maximum atomic E-state index is 12.7. The van der Waals surface area contributed by atoms with E-state index in [2.05, 4.69) is 62.1 Å². The lowest BCUT2D eigenvalue weighted by Crippen LogP contribution is -2.39. The van der Waals surface area contributed by atoms with Gasteiger partial charge in [0, 0.05) is 42.0 Å². The number of aromatic nitrogens is 1. The monoisotopic (exact) mass is 558 g/mol. The second-order valence-electron chi connectivity index (χ2n) is 13.1. The zero-order valence-electron chi connectivity index (χ0n) is 26.0. The molecule has 4 rings (SSSR count). The number of carboxylic acids is 1. The smallest absolute Gasteiger partial charge is 0.337 e. The highest BCUT2D eigenvalue weighted by atomic mass is 16.5. The van der Waals surface area contributed by atoms with E-state index < -0.39 is 17.7 Å². The SMILES string of the molecule is Cc1cccc(CCOc2ccc(-c3c(C)nc(C)c([C@H](OC(C)(C)C)C(=O)O)c3N3CCC(C)(C)CC3)cc2)c1. The third kappa shape index (κ3) is 7.68. The Morgan fingerprint density at radius 3 is 2.27 bits per heavy atom. The second kappa shape index (κ2) is 12.2. The first kappa shape index (κ1) is 30.6. The van der Waals surface area contributed by atoms with Gasteiger partial charge in [0.1, 0.15) is 5.75 Å². The molecule has 1 atom stereocenters. The topological polar surface area (TPSA) is 71.9 Å². The molecule has 0 saturated carbocycles. The number of piperidine rings is 1. The summed E-state index contributed by atoms with van der Waals surface area (Å²) in [4.78, 5) is 19.9. The predicted octanol–water partition coefficient (Wildman–Crippen LogP) is 7.86. The van der Waals surface area contributed by atoms with E-state index in [9.17, 15) is 9.90 Å². The molecule has 0 bridgehead atoms. The fourth-order valence-corrected chi connectivity index (χ4v) is 5.63. The Balaban J connectivity index is 1.72. The summed E-state index contributed by atoms with van der Waals surface area (Å²) in [5.74, 6) is -0.198. The lowest BCUT2D eigenvalue weighted by molar-refractivity contribution is -0.160. The van der Waals surface area contributed by atoms with Crippen LogP contribution in [-0.2, 0) is 16.0 Å². The maximum absolute atomic E-state index is 12.7. The van der Waals surface area contributed by atoms with Crippen LogP contribution in [0, 0.1) is 26.2 Å². The van der Waals surface area contributed by atoms with Crippen molar-refractivity contribution in [2.45, 2.75) is 86.4 Å². The van der Waals surface area contributed by atoms with Crippen molar-refractivity contribution in [3.05, 3.63) is 76.6 Å². The molecule has 0 aliphatic carbocycles. The summed E-state index contributed by atoms with van der Waals surface area (Å²) >= 11 is 0. The van der Waals surface area contributed by atoms with E-state index in [4.69, 9.17) is 14.5 Å². The van der Waals surface area contributed by atoms with Crippen molar-refractivity contribution in [1.29, 1.82) is 0 Å². The number of aliphatic carboxylic acids is 1. The number of pyridine rings is 1. The average Bonchev–Trinajstić information content (AvgIpc) is 2.87. The van der Waals surface area contributed by atoms with Crippen LogP contribution in [0.15, 0.2) is 48.5 Å². The molecule has 0 amide bonds. The van der Waals surface area contributed by atoms with Gasteiger partial charge in [-0.15, -0.1) is 0 Å². The zero-order valence-corrected chi connectivity index (χ0v) is 26.0. The largest absolute Gasteiger partial charge is 0.493 e. The Hall–Kier alpha value is -3.38. The summed E-state index contributed by atoms with van der Waals surface area (Å²) in [5, 5.41) is 10.4. The van der Waals surface area contributed by atoms with Crippen LogP contribution in [-0.4, -0.2) is 41.4 Å².